The van der Waals surface area contributed by atoms with E-state index >= 15 is 0 Å². The standard InChI is InChI=1S/C14H18O2/c1-10-6-8-11(9-7-10)12-4-2-3-5-13(12)14(15)16/h2-5,10-11H,6-9H2,1H3,(H,15,16)/t10-,11-. The molecule has 1 fully saturated rings. The highest BCUT2D eigenvalue weighted by Crippen LogP contribution is 2.36. The summed E-state index contributed by atoms with van der Waals surface area (Å²) in [7, 11) is 0. The van der Waals surface area contributed by atoms with Crippen LogP contribution < -0.4 is 0 Å². The van der Waals surface area contributed by atoms with E-state index in [4.69, 9.17) is 5.11 Å². The molecule has 86 valence electrons. The van der Waals surface area contributed by atoms with Crippen molar-refractivity contribution in [2.45, 2.75) is 38.5 Å². The lowest BCUT2D eigenvalue weighted by Gasteiger charge is -2.27. The van der Waals surface area contributed by atoms with E-state index in [1.165, 1.54) is 12.8 Å². The second kappa shape index (κ2) is 4.69. The molecule has 0 atom stereocenters. The van der Waals surface area contributed by atoms with E-state index in [1.807, 2.05) is 12.1 Å². The van der Waals surface area contributed by atoms with E-state index in [0.717, 1.165) is 24.3 Å². The fourth-order valence-corrected chi connectivity index (χ4v) is 2.62. The van der Waals surface area contributed by atoms with Gasteiger partial charge >= 0.3 is 5.97 Å². The third-order valence-electron chi connectivity index (χ3n) is 3.65. The van der Waals surface area contributed by atoms with Crippen molar-refractivity contribution in [2.24, 2.45) is 5.92 Å². The zero-order chi connectivity index (χ0) is 11.5. The Morgan fingerprint density at radius 2 is 1.81 bits per heavy atom. The average Bonchev–Trinajstić information content (AvgIpc) is 2.30. The third kappa shape index (κ3) is 2.26. The van der Waals surface area contributed by atoms with Gasteiger partial charge in [0.05, 0.1) is 5.56 Å². The van der Waals surface area contributed by atoms with Gasteiger partial charge in [-0.3, -0.25) is 0 Å². The van der Waals surface area contributed by atoms with E-state index in [-0.39, 0.29) is 0 Å². The van der Waals surface area contributed by atoms with Crippen LogP contribution in [0, 0.1) is 5.92 Å². The Labute approximate surface area is 96.3 Å². The summed E-state index contributed by atoms with van der Waals surface area (Å²) in [5, 5.41) is 9.15. The highest BCUT2D eigenvalue weighted by atomic mass is 16.4. The van der Waals surface area contributed by atoms with Crippen molar-refractivity contribution in [3.63, 3.8) is 0 Å². The van der Waals surface area contributed by atoms with Crippen LogP contribution in [0.4, 0.5) is 0 Å². The molecule has 1 aliphatic carbocycles. The Bertz CT molecular complexity index is 376. The third-order valence-corrected chi connectivity index (χ3v) is 3.65. The first-order valence-electron chi connectivity index (χ1n) is 6.00. The molecule has 16 heavy (non-hydrogen) atoms. The molecule has 0 unspecified atom stereocenters. The minimum Gasteiger partial charge on any atom is -0.478 e. The fourth-order valence-electron chi connectivity index (χ4n) is 2.62. The maximum absolute atomic E-state index is 11.1. The predicted octanol–water partition coefficient (Wildman–Crippen LogP) is 3.68. The van der Waals surface area contributed by atoms with Crippen LogP contribution in [0.3, 0.4) is 0 Å². The van der Waals surface area contributed by atoms with Gasteiger partial charge in [-0.25, -0.2) is 4.79 Å². The van der Waals surface area contributed by atoms with Crippen molar-refractivity contribution in [3.05, 3.63) is 35.4 Å². The Hall–Kier alpha value is -1.31. The van der Waals surface area contributed by atoms with E-state index in [9.17, 15) is 4.79 Å². The first-order valence-corrected chi connectivity index (χ1v) is 6.00. The van der Waals surface area contributed by atoms with Crippen molar-refractivity contribution in [2.75, 3.05) is 0 Å². The van der Waals surface area contributed by atoms with E-state index < -0.39 is 5.97 Å². The first kappa shape index (κ1) is 11.2. The number of carbonyl (C=O) groups is 1. The molecule has 0 heterocycles. The second-order valence-electron chi connectivity index (χ2n) is 4.85. The van der Waals surface area contributed by atoms with Crippen LogP contribution in [0.1, 0.15) is 54.4 Å². The SMILES string of the molecule is C[C@H]1CC[C@H](c2ccccc2C(=O)O)CC1. The quantitative estimate of drug-likeness (QED) is 0.822. The van der Waals surface area contributed by atoms with E-state index in [2.05, 4.69) is 6.92 Å². The number of aromatic carboxylic acids is 1. The van der Waals surface area contributed by atoms with Gasteiger partial charge < -0.3 is 5.11 Å². The minimum absolute atomic E-state index is 0.448. The summed E-state index contributed by atoms with van der Waals surface area (Å²) in [5.41, 5.74) is 1.52. The lowest BCUT2D eigenvalue weighted by atomic mass is 9.78. The number of benzene rings is 1. The van der Waals surface area contributed by atoms with Gasteiger partial charge in [0, 0.05) is 0 Å². The lowest BCUT2D eigenvalue weighted by Crippen LogP contribution is -2.14. The van der Waals surface area contributed by atoms with Gasteiger partial charge in [-0.1, -0.05) is 38.0 Å². The molecule has 1 aromatic rings. The predicted molar refractivity (Wildman–Crippen MR) is 63.8 cm³/mol. The summed E-state index contributed by atoms with van der Waals surface area (Å²) < 4.78 is 0. The zero-order valence-electron chi connectivity index (χ0n) is 9.65. The smallest absolute Gasteiger partial charge is 0.335 e. The summed E-state index contributed by atoms with van der Waals surface area (Å²) in [4.78, 5) is 11.1. The van der Waals surface area contributed by atoms with Crippen LogP contribution >= 0.6 is 0 Å². The van der Waals surface area contributed by atoms with Gasteiger partial charge in [0.25, 0.3) is 0 Å². The monoisotopic (exact) mass is 218 g/mol. The highest BCUT2D eigenvalue weighted by molar-refractivity contribution is 5.89. The Morgan fingerprint density at radius 3 is 2.44 bits per heavy atom. The molecule has 0 spiro atoms. The topological polar surface area (TPSA) is 37.3 Å². The van der Waals surface area contributed by atoms with Crippen LogP contribution in [0.5, 0.6) is 0 Å². The van der Waals surface area contributed by atoms with Crippen molar-refractivity contribution >= 4 is 5.97 Å². The van der Waals surface area contributed by atoms with Gasteiger partial charge in [0.15, 0.2) is 0 Å². The van der Waals surface area contributed by atoms with Crippen LogP contribution in [0.15, 0.2) is 24.3 Å². The molecule has 0 aliphatic heterocycles. The Morgan fingerprint density at radius 1 is 1.19 bits per heavy atom. The lowest BCUT2D eigenvalue weighted by molar-refractivity contribution is 0.0694. The minimum atomic E-state index is -0.797. The molecule has 0 radical (unpaired) electrons. The van der Waals surface area contributed by atoms with Gasteiger partial charge in [0.2, 0.25) is 0 Å². The summed E-state index contributed by atoms with van der Waals surface area (Å²) >= 11 is 0. The van der Waals surface area contributed by atoms with Crippen LogP contribution in [-0.2, 0) is 0 Å². The maximum atomic E-state index is 11.1. The van der Waals surface area contributed by atoms with Crippen LogP contribution in [0.2, 0.25) is 0 Å². The molecule has 1 saturated carbocycles. The summed E-state index contributed by atoms with van der Waals surface area (Å²) in [6.07, 6.45) is 4.70. The summed E-state index contributed by atoms with van der Waals surface area (Å²) in [5.74, 6) is 0.450. The molecule has 2 rings (SSSR count). The molecule has 0 amide bonds. The van der Waals surface area contributed by atoms with Gasteiger partial charge in [-0.15, -0.1) is 0 Å². The van der Waals surface area contributed by atoms with Crippen molar-refractivity contribution in [3.8, 4) is 0 Å². The molecule has 1 N–H and O–H groups in total. The highest BCUT2D eigenvalue weighted by Gasteiger charge is 2.23. The number of carboxylic acids is 1. The molecule has 2 heteroatoms. The van der Waals surface area contributed by atoms with Crippen molar-refractivity contribution < 1.29 is 9.90 Å². The normalized spacial score (nSPS) is 25.3. The summed E-state index contributed by atoms with van der Waals surface area (Å²) in [6, 6.07) is 7.44. The molecule has 0 aromatic heterocycles. The molecular formula is C14H18O2. The number of carboxylic acid groups (broad SMARTS) is 1. The number of rotatable bonds is 2. The second-order valence-corrected chi connectivity index (χ2v) is 4.85. The van der Waals surface area contributed by atoms with Crippen molar-refractivity contribution in [1.29, 1.82) is 0 Å². The van der Waals surface area contributed by atoms with Gasteiger partial charge in [0.1, 0.15) is 0 Å². The van der Waals surface area contributed by atoms with Crippen molar-refractivity contribution in [1.82, 2.24) is 0 Å². The van der Waals surface area contributed by atoms with Crippen LogP contribution in [0.25, 0.3) is 0 Å². The molecule has 0 bridgehead atoms. The summed E-state index contributed by atoms with van der Waals surface area (Å²) in [6.45, 7) is 2.28. The maximum Gasteiger partial charge on any atom is 0.335 e. The van der Waals surface area contributed by atoms with E-state index in [0.29, 0.717) is 11.5 Å². The Kier molecular flexibility index (Phi) is 3.28. The molecule has 1 aliphatic rings. The molecular weight excluding hydrogens is 200 g/mol. The number of hydrogen-bond acceptors (Lipinski definition) is 1. The van der Waals surface area contributed by atoms with Gasteiger partial charge in [-0.2, -0.15) is 0 Å². The fraction of sp³-hybridized carbons (Fsp3) is 0.500. The first-order chi connectivity index (χ1) is 7.68. The van der Waals surface area contributed by atoms with E-state index in [1.54, 1.807) is 12.1 Å². The average molecular weight is 218 g/mol. The number of hydrogen-bond donors (Lipinski definition) is 1. The molecule has 2 nitrogen and oxygen atoms in total. The Balaban J connectivity index is 2.23. The largest absolute Gasteiger partial charge is 0.478 e. The van der Waals surface area contributed by atoms with Crippen LogP contribution in [-0.4, -0.2) is 11.1 Å². The van der Waals surface area contributed by atoms with Gasteiger partial charge in [-0.05, 0) is 36.3 Å². The molecule has 1 aromatic carbocycles. The zero-order valence-corrected chi connectivity index (χ0v) is 9.65. The molecule has 0 saturated heterocycles.